The summed E-state index contributed by atoms with van der Waals surface area (Å²) in [4.78, 5) is 6.45. The summed E-state index contributed by atoms with van der Waals surface area (Å²) in [7, 11) is 4.32. The molecule has 25 heavy (non-hydrogen) atoms. The lowest BCUT2D eigenvalue weighted by Crippen LogP contribution is -2.39. The standard InChI is InChI=1S/C20H26ClN3O/c1-24(2)19(16-5-6-16)13-23-12-17-10-18(21)7-8-20(17)25-14-15-4-3-9-22-11-15/h3-4,7-11,16,19,23H,5-6,12-14H2,1-2H3. The van der Waals surface area contributed by atoms with Crippen LogP contribution >= 0.6 is 11.6 Å². The number of nitrogens with one attached hydrogen (secondary N) is 1. The van der Waals surface area contributed by atoms with Crippen LogP contribution < -0.4 is 10.1 Å². The second kappa shape index (κ2) is 8.65. The fourth-order valence-corrected chi connectivity index (χ4v) is 3.27. The lowest BCUT2D eigenvalue weighted by Gasteiger charge is -2.24. The van der Waals surface area contributed by atoms with Crippen molar-refractivity contribution in [2.24, 2.45) is 5.92 Å². The zero-order valence-electron chi connectivity index (χ0n) is 14.9. The van der Waals surface area contributed by atoms with Crippen molar-refractivity contribution in [2.45, 2.75) is 32.0 Å². The highest BCUT2D eigenvalue weighted by Crippen LogP contribution is 2.34. The summed E-state index contributed by atoms with van der Waals surface area (Å²) < 4.78 is 5.99. The smallest absolute Gasteiger partial charge is 0.124 e. The quantitative estimate of drug-likeness (QED) is 0.740. The van der Waals surface area contributed by atoms with Gasteiger partial charge < -0.3 is 15.0 Å². The highest BCUT2D eigenvalue weighted by molar-refractivity contribution is 6.30. The molecule has 1 saturated carbocycles. The average Bonchev–Trinajstić information content (AvgIpc) is 3.43. The van der Waals surface area contributed by atoms with Crippen LogP contribution in [-0.4, -0.2) is 36.6 Å². The van der Waals surface area contributed by atoms with Gasteiger partial charge in [-0.1, -0.05) is 17.7 Å². The van der Waals surface area contributed by atoms with Gasteiger partial charge in [-0.3, -0.25) is 4.98 Å². The third kappa shape index (κ3) is 5.43. The fraction of sp³-hybridized carbons (Fsp3) is 0.450. The minimum atomic E-state index is 0.505. The Labute approximate surface area is 155 Å². The van der Waals surface area contributed by atoms with Crippen LogP contribution in [0.3, 0.4) is 0 Å². The molecule has 1 aliphatic carbocycles. The van der Waals surface area contributed by atoms with Gasteiger partial charge in [0.25, 0.3) is 0 Å². The maximum atomic E-state index is 6.18. The Morgan fingerprint density at radius 3 is 2.84 bits per heavy atom. The van der Waals surface area contributed by atoms with E-state index >= 15 is 0 Å². The molecule has 0 saturated heterocycles. The van der Waals surface area contributed by atoms with Gasteiger partial charge in [-0.25, -0.2) is 0 Å². The minimum Gasteiger partial charge on any atom is -0.489 e. The molecule has 3 rings (SSSR count). The van der Waals surface area contributed by atoms with Crippen molar-refractivity contribution in [1.29, 1.82) is 0 Å². The summed E-state index contributed by atoms with van der Waals surface area (Å²) in [5.41, 5.74) is 2.14. The Balaban J connectivity index is 1.58. The zero-order chi connectivity index (χ0) is 17.6. The summed E-state index contributed by atoms with van der Waals surface area (Å²) in [5, 5.41) is 4.31. The molecule has 4 nitrogen and oxygen atoms in total. The maximum Gasteiger partial charge on any atom is 0.124 e. The van der Waals surface area contributed by atoms with Crippen LogP contribution in [0.4, 0.5) is 0 Å². The van der Waals surface area contributed by atoms with Gasteiger partial charge in [0.2, 0.25) is 0 Å². The third-order valence-electron chi connectivity index (χ3n) is 4.64. The van der Waals surface area contributed by atoms with Crippen molar-refractivity contribution in [2.75, 3.05) is 20.6 Å². The first-order valence-electron chi connectivity index (χ1n) is 8.81. The molecule has 1 unspecified atom stereocenters. The molecule has 1 aromatic carbocycles. The van der Waals surface area contributed by atoms with E-state index in [1.807, 2.05) is 36.5 Å². The Morgan fingerprint density at radius 2 is 2.16 bits per heavy atom. The van der Waals surface area contributed by atoms with Crippen molar-refractivity contribution >= 4 is 11.6 Å². The molecule has 1 fully saturated rings. The summed E-state index contributed by atoms with van der Waals surface area (Å²) in [6.07, 6.45) is 6.29. The highest BCUT2D eigenvalue weighted by Gasteiger charge is 2.32. The first kappa shape index (κ1) is 18.2. The van der Waals surface area contributed by atoms with E-state index in [-0.39, 0.29) is 0 Å². The number of hydrogen-bond donors (Lipinski definition) is 1. The van der Waals surface area contributed by atoms with Gasteiger partial charge in [0.1, 0.15) is 12.4 Å². The molecule has 1 heterocycles. The number of rotatable bonds is 9. The van der Waals surface area contributed by atoms with Gasteiger partial charge in [0.15, 0.2) is 0 Å². The number of nitrogens with zero attached hydrogens (tertiary/aromatic N) is 2. The molecule has 1 aromatic heterocycles. The predicted molar refractivity (Wildman–Crippen MR) is 102 cm³/mol. The first-order chi connectivity index (χ1) is 12.1. The zero-order valence-corrected chi connectivity index (χ0v) is 15.7. The molecular weight excluding hydrogens is 334 g/mol. The summed E-state index contributed by atoms with van der Waals surface area (Å²) in [6.45, 7) is 2.23. The van der Waals surface area contributed by atoms with Crippen LogP contribution in [0.2, 0.25) is 5.02 Å². The Morgan fingerprint density at radius 1 is 1.32 bits per heavy atom. The van der Waals surface area contributed by atoms with Gasteiger partial charge in [-0.05, 0) is 57.1 Å². The van der Waals surface area contributed by atoms with Crippen LogP contribution in [0.1, 0.15) is 24.0 Å². The third-order valence-corrected chi connectivity index (χ3v) is 4.87. The monoisotopic (exact) mass is 359 g/mol. The van der Waals surface area contributed by atoms with E-state index in [9.17, 15) is 0 Å². The number of halogens is 1. The molecule has 0 spiro atoms. The van der Waals surface area contributed by atoms with Gasteiger partial charge in [-0.15, -0.1) is 0 Å². The van der Waals surface area contributed by atoms with Gasteiger partial charge in [-0.2, -0.15) is 0 Å². The van der Waals surface area contributed by atoms with Crippen LogP contribution in [0.5, 0.6) is 5.75 Å². The number of aromatic nitrogens is 1. The van der Waals surface area contributed by atoms with Crippen molar-refractivity contribution in [3.8, 4) is 5.75 Å². The predicted octanol–water partition coefficient (Wildman–Crippen LogP) is 3.74. The SMILES string of the molecule is CN(C)C(CNCc1cc(Cl)ccc1OCc1cccnc1)C1CC1. The van der Waals surface area contributed by atoms with Crippen molar-refractivity contribution in [3.05, 3.63) is 58.9 Å². The van der Waals surface area contributed by atoms with E-state index in [0.717, 1.165) is 40.9 Å². The maximum absolute atomic E-state index is 6.18. The van der Waals surface area contributed by atoms with Crippen molar-refractivity contribution < 1.29 is 4.74 Å². The van der Waals surface area contributed by atoms with Crippen molar-refractivity contribution in [1.82, 2.24) is 15.2 Å². The molecule has 0 radical (unpaired) electrons. The van der Waals surface area contributed by atoms with E-state index < -0.39 is 0 Å². The van der Waals surface area contributed by atoms with Crippen molar-refractivity contribution in [3.63, 3.8) is 0 Å². The van der Waals surface area contributed by atoms with Crippen LogP contribution in [0.15, 0.2) is 42.7 Å². The van der Waals surface area contributed by atoms with Crippen LogP contribution in [0.25, 0.3) is 0 Å². The van der Waals surface area contributed by atoms with Crippen LogP contribution in [-0.2, 0) is 13.2 Å². The Bertz CT molecular complexity index is 672. The second-order valence-electron chi connectivity index (χ2n) is 6.90. The Hall–Kier alpha value is -1.62. The summed E-state index contributed by atoms with van der Waals surface area (Å²) >= 11 is 6.18. The molecule has 1 N–H and O–H groups in total. The van der Waals surface area contributed by atoms with E-state index in [1.165, 1.54) is 12.8 Å². The molecule has 5 heteroatoms. The van der Waals surface area contributed by atoms with Crippen LogP contribution in [0, 0.1) is 5.92 Å². The Kier molecular flexibility index (Phi) is 6.29. The number of likely N-dealkylation sites (N-methyl/N-ethyl adjacent to an activating group) is 1. The number of ether oxygens (including phenoxy) is 1. The van der Waals surface area contributed by atoms with E-state index in [4.69, 9.17) is 16.3 Å². The molecular formula is C20H26ClN3O. The minimum absolute atomic E-state index is 0.505. The first-order valence-corrected chi connectivity index (χ1v) is 9.18. The van der Waals surface area contributed by atoms with Gasteiger partial charge in [0, 0.05) is 47.7 Å². The molecule has 134 valence electrons. The molecule has 2 aromatic rings. The number of benzene rings is 1. The molecule has 0 aliphatic heterocycles. The van der Waals surface area contributed by atoms with Gasteiger partial charge in [0.05, 0.1) is 0 Å². The largest absolute Gasteiger partial charge is 0.489 e. The summed E-state index contributed by atoms with van der Waals surface area (Å²) in [5.74, 6) is 1.71. The van der Waals surface area contributed by atoms with Gasteiger partial charge >= 0.3 is 0 Å². The highest BCUT2D eigenvalue weighted by atomic mass is 35.5. The fourth-order valence-electron chi connectivity index (χ4n) is 3.08. The topological polar surface area (TPSA) is 37.4 Å². The second-order valence-corrected chi connectivity index (χ2v) is 7.34. The molecule has 1 atom stereocenters. The number of hydrogen-bond acceptors (Lipinski definition) is 4. The van der Waals surface area contributed by atoms with E-state index in [0.29, 0.717) is 12.6 Å². The summed E-state index contributed by atoms with van der Waals surface area (Å²) in [6, 6.07) is 10.3. The molecule has 0 bridgehead atoms. The van der Waals surface area contributed by atoms with E-state index in [1.54, 1.807) is 6.20 Å². The van der Waals surface area contributed by atoms with E-state index in [2.05, 4.69) is 29.3 Å². The lowest BCUT2D eigenvalue weighted by molar-refractivity contribution is 0.254. The normalized spacial score (nSPS) is 15.4. The average molecular weight is 360 g/mol. The lowest BCUT2D eigenvalue weighted by atomic mass is 10.1. The number of pyridine rings is 1. The molecule has 0 amide bonds. The molecule has 1 aliphatic rings.